The first-order valence-corrected chi connectivity index (χ1v) is 7.70. The van der Waals surface area contributed by atoms with Gasteiger partial charge in [0.05, 0.1) is 0 Å². The Morgan fingerprint density at radius 1 is 0.885 bits per heavy atom. The summed E-state index contributed by atoms with van der Waals surface area (Å²) < 4.78 is 0. The molecule has 0 aliphatic carbocycles. The van der Waals surface area contributed by atoms with E-state index in [0.717, 1.165) is 5.56 Å². The van der Waals surface area contributed by atoms with Crippen molar-refractivity contribution in [3.8, 4) is 5.75 Å². The second-order valence-corrected chi connectivity index (χ2v) is 5.53. The van der Waals surface area contributed by atoms with E-state index in [-0.39, 0.29) is 12.2 Å². The molecule has 0 aliphatic heterocycles. The number of benzene rings is 2. The van der Waals surface area contributed by atoms with Gasteiger partial charge in [-0.2, -0.15) is 0 Å². The van der Waals surface area contributed by atoms with Crippen LogP contribution in [0.5, 0.6) is 5.75 Å². The largest absolute Gasteiger partial charge is 0.508 e. The van der Waals surface area contributed by atoms with Gasteiger partial charge < -0.3 is 31.9 Å². The average Bonchev–Trinajstić information content (AvgIpc) is 2.63. The maximum atomic E-state index is 10.4. The first-order valence-electron chi connectivity index (χ1n) is 7.70. The van der Waals surface area contributed by atoms with Gasteiger partial charge in [-0.1, -0.05) is 42.5 Å². The van der Waals surface area contributed by atoms with Crippen LogP contribution >= 0.6 is 0 Å². The summed E-state index contributed by atoms with van der Waals surface area (Å²) in [5, 5.41) is 35.5. The summed E-state index contributed by atoms with van der Waals surface area (Å²) in [5.74, 6) is -2.07. The molecule has 0 aliphatic rings. The SMILES string of the molecule is N[C@@H](Cc1ccc(O)cc1)C(=O)O.N[C@H](C(=O)O)C(O)c1ccccc1. The van der Waals surface area contributed by atoms with E-state index in [9.17, 15) is 14.7 Å². The van der Waals surface area contributed by atoms with Crippen LogP contribution in [0.3, 0.4) is 0 Å². The lowest BCUT2D eigenvalue weighted by Gasteiger charge is -2.14. The van der Waals surface area contributed by atoms with E-state index < -0.39 is 30.1 Å². The van der Waals surface area contributed by atoms with Crippen LogP contribution in [-0.2, 0) is 16.0 Å². The van der Waals surface area contributed by atoms with Crippen LogP contribution in [0.2, 0.25) is 0 Å². The zero-order valence-electron chi connectivity index (χ0n) is 13.9. The number of carboxylic acids is 2. The standard InChI is InChI=1S/2C9H11NO3/c10-8(9(12)13)5-6-1-3-7(11)4-2-6;10-7(9(12)13)8(11)6-4-2-1-3-5-6/h1-4,8,11H,5,10H2,(H,12,13);1-5,7-8,11H,10H2,(H,12,13)/t8-;7-,8?/m00/s1. The highest BCUT2D eigenvalue weighted by Gasteiger charge is 2.22. The smallest absolute Gasteiger partial charge is 0.323 e. The van der Waals surface area contributed by atoms with Gasteiger partial charge in [-0.15, -0.1) is 0 Å². The second-order valence-electron chi connectivity index (χ2n) is 5.53. The van der Waals surface area contributed by atoms with Crippen LogP contribution in [0, 0.1) is 0 Å². The molecule has 8 nitrogen and oxygen atoms in total. The van der Waals surface area contributed by atoms with Gasteiger partial charge in [0.2, 0.25) is 0 Å². The molecule has 0 radical (unpaired) electrons. The van der Waals surface area contributed by atoms with Gasteiger partial charge >= 0.3 is 11.9 Å². The molecule has 1 unspecified atom stereocenters. The minimum Gasteiger partial charge on any atom is -0.508 e. The summed E-state index contributed by atoms with van der Waals surface area (Å²) in [7, 11) is 0. The molecular weight excluding hydrogens is 340 g/mol. The van der Waals surface area contributed by atoms with Crippen molar-refractivity contribution in [2.45, 2.75) is 24.6 Å². The molecule has 0 aromatic heterocycles. The van der Waals surface area contributed by atoms with Crippen LogP contribution in [0.1, 0.15) is 17.2 Å². The molecule has 2 aromatic carbocycles. The van der Waals surface area contributed by atoms with Crippen LogP contribution in [0.4, 0.5) is 0 Å². The average molecular weight is 362 g/mol. The fraction of sp³-hybridized carbons (Fsp3) is 0.222. The fourth-order valence-electron chi connectivity index (χ4n) is 1.97. The zero-order valence-corrected chi connectivity index (χ0v) is 13.9. The maximum absolute atomic E-state index is 10.4. The van der Waals surface area contributed by atoms with Gasteiger partial charge in [-0.3, -0.25) is 9.59 Å². The Bertz CT molecular complexity index is 705. The van der Waals surface area contributed by atoms with Crippen molar-refractivity contribution in [3.63, 3.8) is 0 Å². The number of aliphatic hydroxyl groups is 1. The molecule has 3 atom stereocenters. The quantitative estimate of drug-likeness (QED) is 0.431. The topological polar surface area (TPSA) is 167 Å². The normalized spacial score (nSPS) is 13.7. The molecule has 8 N–H and O–H groups in total. The van der Waals surface area contributed by atoms with Crippen molar-refractivity contribution in [3.05, 3.63) is 65.7 Å². The Hall–Kier alpha value is -2.94. The number of nitrogens with two attached hydrogens (primary N) is 2. The minimum atomic E-state index is -1.28. The van der Waals surface area contributed by atoms with E-state index in [1.165, 1.54) is 12.1 Å². The molecule has 0 saturated carbocycles. The summed E-state index contributed by atoms with van der Waals surface area (Å²) in [6.07, 6.45) is -0.881. The summed E-state index contributed by atoms with van der Waals surface area (Å²) in [4.78, 5) is 20.8. The molecule has 0 spiro atoms. The van der Waals surface area contributed by atoms with E-state index >= 15 is 0 Å². The molecule has 0 bridgehead atoms. The Balaban J connectivity index is 0.000000260. The maximum Gasteiger partial charge on any atom is 0.323 e. The van der Waals surface area contributed by atoms with Gasteiger partial charge in [0.25, 0.3) is 0 Å². The molecule has 0 fully saturated rings. The number of hydrogen-bond donors (Lipinski definition) is 6. The van der Waals surface area contributed by atoms with Crippen molar-refractivity contribution in [1.82, 2.24) is 0 Å². The lowest BCUT2D eigenvalue weighted by molar-refractivity contribution is -0.141. The molecule has 0 amide bonds. The lowest BCUT2D eigenvalue weighted by Crippen LogP contribution is -2.36. The van der Waals surface area contributed by atoms with Crippen molar-refractivity contribution in [1.29, 1.82) is 0 Å². The van der Waals surface area contributed by atoms with Crippen molar-refractivity contribution < 1.29 is 30.0 Å². The number of phenolic OH excluding ortho intramolecular Hbond substituents is 1. The first kappa shape index (κ1) is 21.1. The number of hydrogen-bond acceptors (Lipinski definition) is 6. The Morgan fingerprint density at radius 2 is 1.42 bits per heavy atom. The highest BCUT2D eigenvalue weighted by Crippen LogP contribution is 2.14. The third-order valence-corrected chi connectivity index (χ3v) is 3.48. The molecule has 140 valence electrons. The summed E-state index contributed by atoms with van der Waals surface area (Å²) in [6, 6.07) is 12.6. The monoisotopic (exact) mass is 362 g/mol. The minimum absolute atomic E-state index is 0.160. The number of aliphatic carboxylic acids is 2. The lowest BCUT2D eigenvalue weighted by atomic mass is 10.0. The van der Waals surface area contributed by atoms with Gasteiger partial charge in [0, 0.05) is 0 Å². The van der Waals surface area contributed by atoms with E-state index in [4.69, 9.17) is 26.8 Å². The molecule has 26 heavy (non-hydrogen) atoms. The highest BCUT2D eigenvalue weighted by molar-refractivity contribution is 5.74. The van der Waals surface area contributed by atoms with E-state index in [1.54, 1.807) is 42.5 Å². The number of rotatable bonds is 6. The number of aromatic hydroxyl groups is 1. The van der Waals surface area contributed by atoms with Gasteiger partial charge in [0.15, 0.2) is 0 Å². The Morgan fingerprint density at radius 3 is 1.88 bits per heavy atom. The van der Waals surface area contributed by atoms with Gasteiger partial charge in [-0.25, -0.2) is 0 Å². The number of aliphatic hydroxyl groups excluding tert-OH is 1. The first-order chi connectivity index (χ1) is 12.2. The van der Waals surface area contributed by atoms with Crippen LogP contribution in [0.25, 0.3) is 0 Å². The molecular formula is C18H22N2O6. The van der Waals surface area contributed by atoms with Gasteiger partial charge in [0.1, 0.15) is 23.9 Å². The predicted octanol–water partition coefficient (Wildman–Crippen LogP) is 0.479. The van der Waals surface area contributed by atoms with Crippen LogP contribution in [0.15, 0.2) is 54.6 Å². The van der Waals surface area contributed by atoms with Gasteiger partial charge in [-0.05, 0) is 29.7 Å². The van der Waals surface area contributed by atoms with E-state index in [0.29, 0.717) is 5.56 Å². The third kappa shape index (κ3) is 6.89. The Kier molecular flexibility index (Phi) is 8.23. The van der Waals surface area contributed by atoms with Crippen molar-refractivity contribution in [2.75, 3.05) is 0 Å². The fourth-order valence-corrected chi connectivity index (χ4v) is 1.97. The zero-order chi connectivity index (χ0) is 19.7. The van der Waals surface area contributed by atoms with E-state index in [2.05, 4.69) is 0 Å². The second kappa shape index (κ2) is 10.1. The Labute approximate surface area is 150 Å². The molecule has 2 rings (SSSR count). The number of phenols is 1. The number of carbonyl (C=O) groups is 2. The molecule has 0 heterocycles. The number of carboxylic acid groups (broad SMARTS) is 2. The summed E-state index contributed by atoms with van der Waals surface area (Å²) >= 11 is 0. The van der Waals surface area contributed by atoms with E-state index in [1.807, 2.05) is 0 Å². The predicted molar refractivity (Wildman–Crippen MR) is 94.4 cm³/mol. The van der Waals surface area contributed by atoms with Crippen molar-refractivity contribution in [2.24, 2.45) is 11.5 Å². The highest BCUT2D eigenvalue weighted by atomic mass is 16.4. The summed E-state index contributed by atoms with van der Waals surface area (Å²) in [6.45, 7) is 0. The molecule has 8 heteroatoms. The van der Waals surface area contributed by atoms with Crippen LogP contribution in [-0.4, -0.2) is 44.4 Å². The third-order valence-electron chi connectivity index (χ3n) is 3.48. The van der Waals surface area contributed by atoms with Crippen molar-refractivity contribution >= 4 is 11.9 Å². The summed E-state index contributed by atoms with van der Waals surface area (Å²) in [5.41, 5.74) is 11.9. The van der Waals surface area contributed by atoms with Crippen LogP contribution < -0.4 is 11.5 Å². The molecule has 2 aromatic rings. The molecule has 0 saturated heterocycles.